The Balaban J connectivity index is 1.86. The minimum Gasteiger partial charge on any atom is -0.349 e. The average molecular weight is 450 g/mol. The molecule has 0 atom stereocenters. The van der Waals surface area contributed by atoms with Crippen molar-refractivity contribution < 1.29 is 18.0 Å². The van der Waals surface area contributed by atoms with Gasteiger partial charge < -0.3 is 10.6 Å². The molecule has 0 radical (unpaired) electrons. The third-order valence-electron chi connectivity index (χ3n) is 4.57. The summed E-state index contributed by atoms with van der Waals surface area (Å²) in [5.41, 5.74) is 1.75. The zero-order chi connectivity index (χ0) is 23.1. The van der Waals surface area contributed by atoms with Crippen molar-refractivity contribution in [2.45, 2.75) is 11.8 Å². The molecule has 0 heterocycles. The largest absolute Gasteiger partial charge is 0.349 e. The lowest BCUT2D eigenvalue weighted by Gasteiger charge is -2.14. The maximum absolute atomic E-state index is 13.0. The van der Waals surface area contributed by atoms with Gasteiger partial charge in [-0.2, -0.15) is 0 Å². The van der Waals surface area contributed by atoms with E-state index in [9.17, 15) is 18.0 Å². The van der Waals surface area contributed by atoms with Crippen LogP contribution in [0.3, 0.4) is 0 Å². The van der Waals surface area contributed by atoms with Gasteiger partial charge in [0.25, 0.3) is 21.8 Å². The molecule has 0 aromatic heterocycles. The van der Waals surface area contributed by atoms with Crippen LogP contribution in [0, 0.1) is 6.92 Å². The SMILES string of the molecule is C=CCNC(=O)c1ccccc1NC(=O)c1ccccc1NS(=O)(=O)c1ccc(C)cc1. The van der Waals surface area contributed by atoms with Gasteiger partial charge in [0.2, 0.25) is 0 Å². The predicted octanol–water partition coefficient (Wildman–Crippen LogP) is 3.96. The summed E-state index contributed by atoms with van der Waals surface area (Å²) in [6, 6.07) is 19.2. The molecule has 3 aromatic rings. The van der Waals surface area contributed by atoms with Gasteiger partial charge in [0.05, 0.1) is 27.4 Å². The number of anilines is 2. The lowest BCUT2D eigenvalue weighted by molar-refractivity contribution is 0.0959. The van der Waals surface area contributed by atoms with Crippen molar-refractivity contribution in [2.75, 3.05) is 16.6 Å². The van der Waals surface area contributed by atoms with Crippen molar-refractivity contribution in [1.82, 2.24) is 5.32 Å². The second-order valence-electron chi connectivity index (χ2n) is 6.96. The molecule has 0 fully saturated rings. The predicted molar refractivity (Wildman–Crippen MR) is 125 cm³/mol. The molecule has 0 bridgehead atoms. The molecule has 8 heteroatoms. The summed E-state index contributed by atoms with van der Waals surface area (Å²) in [5.74, 6) is -0.926. The van der Waals surface area contributed by atoms with Crippen molar-refractivity contribution in [3.8, 4) is 0 Å². The number of rotatable bonds is 8. The van der Waals surface area contributed by atoms with Gasteiger partial charge in [-0.25, -0.2) is 8.42 Å². The van der Waals surface area contributed by atoms with Crippen LogP contribution in [0.15, 0.2) is 90.3 Å². The number of hydrogen-bond acceptors (Lipinski definition) is 4. The first kappa shape index (κ1) is 22.8. The third-order valence-corrected chi connectivity index (χ3v) is 5.96. The first-order chi connectivity index (χ1) is 15.3. The number of amides is 2. The lowest BCUT2D eigenvalue weighted by atomic mass is 10.1. The smallest absolute Gasteiger partial charge is 0.261 e. The molecule has 164 valence electrons. The molecule has 3 aromatic carbocycles. The van der Waals surface area contributed by atoms with E-state index in [4.69, 9.17) is 0 Å². The van der Waals surface area contributed by atoms with Crippen LogP contribution in [0.1, 0.15) is 26.3 Å². The van der Waals surface area contributed by atoms with Gasteiger partial charge in [0.1, 0.15) is 0 Å². The van der Waals surface area contributed by atoms with E-state index < -0.39 is 15.9 Å². The zero-order valence-electron chi connectivity index (χ0n) is 17.5. The van der Waals surface area contributed by atoms with E-state index in [1.165, 1.54) is 24.3 Å². The van der Waals surface area contributed by atoms with Crippen LogP contribution in [-0.2, 0) is 10.0 Å². The Morgan fingerprint density at radius 2 is 1.41 bits per heavy atom. The Labute approximate surface area is 187 Å². The molecule has 0 aliphatic rings. The number of carbonyl (C=O) groups excluding carboxylic acids is 2. The zero-order valence-corrected chi connectivity index (χ0v) is 18.3. The van der Waals surface area contributed by atoms with Gasteiger partial charge in [0, 0.05) is 6.54 Å². The Kier molecular flexibility index (Phi) is 7.07. The Hall–Kier alpha value is -3.91. The minimum absolute atomic E-state index is 0.0857. The molecule has 2 amide bonds. The fourth-order valence-corrected chi connectivity index (χ4v) is 4.01. The van der Waals surface area contributed by atoms with Crippen LogP contribution in [0.25, 0.3) is 0 Å². The van der Waals surface area contributed by atoms with E-state index in [0.29, 0.717) is 5.69 Å². The normalized spacial score (nSPS) is 10.8. The maximum Gasteiger partial charge on any atom is 0.261 e. The lowest BCUT2D eigenvalue weighted by Crippen LogP contribution is -2.25. The van der Waals surface area contributed by atoms with Crippen molar-refractivity contribution >= 4 is 33.2 Å². The highest BCUT2D eigenvalue weighted by Crippen LogP contribution is 2.23. The molecular weight excluding hydrogens is 426 g/mol. The second-order valence-corrected chi connectivity index (χ2v) is 8.64. The molecule has 0 saturated carbocycles. The number of nitrogens with one attached hydrogen (secondary N) is 3. The van der Waals surface area contributed by atoms with E-state index in [2.05, 4.69) is 21.9 Å². The summed E-state index contributed by atoms with van der Waals surface area (Å²) in [7, 11) is -3.89. The summed E-state index contributed by atoms with van der Waals surface area (Å²) in [5, 5.41) is 5.36. The Morgan fingerprint density at radius 3 is 2.03 bits per heavy atom. The van der Waals surface area contributed by atoms with Crippen LogP contribution >= 0.6 is 0 Å². The second kappa shape index (κ2) is 9.93. The molecule has 3 rings (SSSR count). The molecule has 3 N–H and O–H groups in total. The molecular formula is C24H23N3O4S. The van der Waals surface area contributed by atoms with E-state index in [0.717, 1.165) is 5.56 Å². The third kappa shape index (κ3) is 5.41. The van der Waals surface area contributed by atoms with Crippen molar-refractivity contribution in [3.63, 3.8) is 0 Å². The molecule has 0 saturated heterocycles. The summed E-state index contributed by atoms with van der Waals surface area (Å²) in [6.07, 6.45) is 1.55. The Bertz CT molecular complexity index is 1250. The molecule has 0 unspecified atom stereocenters. The molecule has 0 spiro atoms. The number of aryl methyl sites for hydroxylation is 1. The monoisotopic (exact) mass is 449 g/mol. The number of carbonyl (C=O) groups is 2. The van der Waals surface area contributed by atoms with Crippen molar-refractivity contribution in [1.29, 1.82) is 0 Å². The fourth-order valence-electron chi connectivity index (χ4n) is 2.93. The van der Waals surface area contributed by atoms with Gasteiger partial charge >= 0.3 is 0 Å². The van der Waals surface area contributed by atoms with Crippen LogP contribution < -0.4 is 15.4 Å². The number of benzene rings is 3. The van der Waals surface area contributed by atoms with Crippen LogP contribution in [0.4, 0.5) is 11.4 Å². The van der Waals surface area contributed by atoms with Crippen LogP contribution in [0.5, 0.6) is 0 Å². The molecule has 0 aliphatic heterocycles. The maximum atomic E-state index is 13.0. The molecule has 0 aliphatic carbocycles. The first-order valence-corrected chi connectivity index (χ1v) is 11.3. The van der Waals surface area contributed by atoms with E-state index in [1.807, 2.05) is 6.92 Å². The summed E-state index contributed by atoms with van der Waals surface area (Å²) >= 11 is 0. The van der Waals surface area contributed by atoms with E-state index in [-0.39, 0.29) is 34.2 Å². The van der Waals surface area contributed by atoms with Gasteiger partial charge in [-0.1, -0.05) is 48.0 Å². The van der Waals surface area contributed by atoms with E-state index >= 15 is 0 Å². The Morgan fingerprint density at radius 1 is 0.844 bits per heavy atom. The highest BCUT2D eigenvalue weighted by molar-refractivity contribution is 7.92. The summed E-state index contributed by atoms with van der Waals surface area (Å²) < 4.78 is 28.0. The average Bonchev–Trinajstić information content (AvgIpc) is 2.78. The molecule has 32 heavy (non-hydrogen) atoms. The number of hydrogen-bond donors (Lipinski definition) is 3. The minimum atomic E-state index is -3.89. The number of sulfonamides is 1. The van der Waals surface area contributed by atoms with Crippen LogP contribution in [0.2, 0.25) is 0 Å². The van der Waals surface area contributed by atoms with Gasteiger partial charge in [-0.15, -0.1) is 6.58 Å². The standard InChI is InChI=1S/C24H23N3O4S/c1-3-16-25-23(28)19-8-4-6-10-21(19)26-24(29)20-9-5-7-11-22(20)27-32(30,31)18-14-12-17(2)13-15-18/h3-15,27H,1,16H2,2H3,(H,25,28)(H,26,29). The molecule has 7 nitrogen and oxygen atoms in total. The van der Waals surface area contributed by atoms with E-state index in [1.54, 1.807) is 54.6 Å². The fraction of sp³-hybridized carbons (Fsp3) is 0.0833. The summed E-state index contributed by atoms with van der Waals surface area (Å²) in [6.45, 7) is 5.70. The van der Waals surface area contributed by atoms with Crippen molar-refractivity contribution in [2.24, 2.45) is 0 Å². The highest BCUT2D eigenvalue weighted by Gasteiger charge is 2.20. The highest BCUT2D eigenvalue weighted by atomic mass is 32.2. The van der Waals surface area contributed by atoms with Gasteiger partial charge in [-0.05, 0) is 43.3 Å². The quantitative estimate of drug-likeness (QED) is 0.453. The van der Waals surface area contributed by atoms with Crippen LogP contribution in [-0.4, -0.2) is 26.8 Å². The first-order valence-electron chi connectivity index (χ1n) is 9.80. The number of para-hydroxylation sites is 2. The topological polar surface area (TPSA) is 104 Å². The van der Waals surface area contributed by atoms with Crippen molar-refractivity contribution in [3.05, 3.63) is 102 Å². The summed E-state index contributed by atoms with van der Waals surface area (Å²) in [4.78, 5) is 25.5. The van der Waals surface area contributed by atoms with Gasteiger partial charge in [0.15, 0.2) is 0 Å². The van der Waals surface area contributed by atoms with Gasteiger partial charge in [-0.3, -0.25) is 14.3 Å².